The molecule has 0 aliphatic heterocycles. The highest BCUT2D eigenvalue weighted by Gasteiger charge is 2.23. The van der Waals surface area contributed by atoms with Gasteiger partial charge in [0.15, 0.2) is 0 Å². The van der Waals surface area contributed by atoms with Gasteiger partial charge in [-0.25, -0.2) is 0 Å². The zero-order valence-corrected chi connectivity index (χ0v) is 16.6. The fourth-order valence-electron chi connectivity index (χ4n) is 3.17. The molecule has 3 rings (SSSR count). The minimum atomic E-state index is -0.777. The van der Waals surface area contributed by atoms with Gasteiger partial charge >= 0.3 is 0 Å². The van der Waals surface area contributed by atoms with Gasteiger partial charge in [0.2, 0.25) is 11.8 Å². The Morgan fingerprint density at radius 3 is 2.38 bits per heavy atom. The molecule has 2 amide bonds. The Balaban J connectivity index is 1.71. The van der Waals surface area contributed by atoms with Crippen molar-refractivity contribution < 1.29 is 9.59 Å². The van der Waals surface area contributed by atoms with E-state index in [1.54, 1.807) is 12.1 Å². The first-order chi connectivity index (χ1) is 13.9. The lowest BCUT2D eigenvalue weighted by Crippen LogP contribution is -2.42. The zero-order chi connectivity index (χ0) is 20.8. The van der Waals surface area contributed by atoms with Crippen molar-refractivity contribution in [2.24, 2.45) is 0 Å². The summed E-state index contributed by atoms with van der Waals surface area (Å²) in [7, 11) is 0. The van der Waals surface area contributed by atoms with Crippen molar-refractivity contribution in [2.45, 2.75) is 38.8 Å². The first kappa shape index (κ1) is 20.3. The van der Waals surface area contributed by atoms with Crippen LogP contribution in [0.15, 0.2) is 65.5 Å². The highest BCUT2D eigenvalue weighted by Crippen LogP contribution is 2.15. The van der Waals surface area contributed by atoms with Gasteiger partial charge in [-0.05, 0) is 43.4 Å². The summed E-state index contributed by atoms with van der Waals surface area (Å²) >= 11 is 0. The molecule has 0 bridgehead atoms. The number of H-pyrrole nitrogens is 1. The van der Waals surface area contributed by atoms with Gasteiger partial charge in [0.05, 0.1) is 0 Å². The van der Waals surface area contributed by atoms with Crippen LogP contribution < -0.4 is 16.2 Å². The van der Waals surface area contributed by atoms with Crippen LogP contribution in [0.3, 0.4) is 0 Å². The van der Waals surface area contributed by atoms with Crippen molar-refractivity contribution in [2.75, 3.05) is 0 Å². The number of benzene rings is 2. The number of pyridine rings is 1. The third-order valence-electron chi connectivity index (χ3n) is 4.58. The number of carbonyl (C=O) groups is 2. The summed E-state index contributed by atoms with van der Waals surface area (Å²) in [6.45, 7) is 3.74. The van der Waals surface area contributed by atoms with Crippen LogP contribution in [0.1, 0.15) is 37.4 Å². The van der Waals surface area contributed by atoms with Gasteiger partial charge in [-0.2, -0.15) is 0 Å². The van der Waals surface area contributed by atoms with E-state index in [0.29, 0.717) is 17.5 Å². The number of carbonyl (C=O) groups excluding carboxylic acids is 2. The highest BCUT2D eigenvalue weighted by atomic mass is 16.2. The maximum absolute atomic E-state index is 12.6. The Hall–Kier alpha value is -3.41. The number of rotatable bonds is 7. The van der Waals surface area contributed by atoms with Crippen LogP contribution in [0, 0.1) is 0 Å². The number of para-hydroxylation sites is 1. The zero-order valence-electron chi connectivity index (χ0n) is 16.6. The Morgan fingerprint density at radius 1 is 0.966 bits per heavy atom. The van der Waals surface area contributed by atoms with E-state index in [-0.39, 0.29) is 29.8 Å². The second kappa shape index (κ2) is 9.19. The number of aromatic nitrogens is 1. The molecule has 0 saturated carbocycles. The van der Waals surface area contributed by atoms with Gasteiger partial charge in [0.25, 0.3) is 5.56 Å². The molecule has 0 saturated heterocycles. The van der Waals surface area contributed by atoms with Crippen molar-refractivity contribution in [1.29, 1.82) is 0 Å². The highest BCUT2D eigenvalue weighted by molar-refractivity contribution is 5.89. The van der Waals surface area contributed by atoms with E-state index in [9.17, 15) is 14.4 Å². The van der Waals surface area contributed by atoms with Gasteiger partial charge in [0, 0.05) is 23.5 Å². The van der Waals surface area contributed by atoms with Gasteiger partial charge < -0.3 is 15.6 Å². The second-order valence-electron chi connectivity index (χ2n) is 7.29. The number of hydrogen-bond donors (Lipinski definition) is 3. The van der Waals surface area contributed by atoms with Crippen LogP contribution in [0.25, 0.3) is 10.9 Å². The molecule has 1 atom stereocenters. The van der Waals surface area contributed by atoms with Crippen LogP contribution in [-0.4, -0.2) is 22.8 Å². The maximum atomic E-state index is 12.6. The fraction of sp³-hybridized carbons (Fsp3) is 0.261. The first-order valence-electron chi connectivity index (χ1n) is 9.69. The van der Waals surface area contributed by atoms with Crippen LogP contribution in [0.2, 0.25) is 0 Å². The smallest absolute Gasteiger partial charge is 0.251 e. The molecule has 1 heterocycles. The molecule has 6 nitrogen and oxygen atoms in total. The summed E-state index contributed by atoms with van der Waals surface area (Å²) in [5.74, 6) is -0.548. The first-order valence-corrected chi connectivity index (χ1v) is 9.69. The van der Waals surface area contributed by atoms with Crippen LogP contribution in [-0.2, 0) is 16.0 Å². The Morgan fingerprint density at radius 2 is 1.66 bits per heavy atom. The van der Waals surface area contributed by atoms with E-state index in [2.05, 4.69) is 15.6 Å². The predicted molar refractivity (Wildman–Crippen MR) is 113 cm³/mol. The molecule has 150 valence electrons. The van der Waals surface area contributed by atoms with Gasteiger partial charge in [-0.3, -0.25) is 14.4 Å². The van der Waals surface area contributed by atoms with E-state index in [1.165, 1.54) is 0 Å². The fourth-order valence-corrected chi connectivity index (χ4v) is 3.17. The Bertz CT molecular complexity index is 1060. The van der Waals surface area contributed by atoms with E-state index in [1.807, 2.05) is 62.4 Å². The maximum Gasteiger partial charge on any atom is 0.251 e. The van der Waals surface area contributed by atoms with Gasteiger partial charge in [-0.15, -0.1) is 0 Å². The molecule has 1 aromatic heterocycles. The average molecular weight is 391 g/mol. The molecule has 0 aliphatic rings. The van der Waals surface area contributed by atoms with Crippen LogP contribution in [0.5, 0.6) is 0 Å². The average Bonchev–Trinajstić information content (AvgIpc) is 2.70. The lowest BCUT2D eigenvalue weighted by molar-refractivity contribution is -0.129. The summed E-state index contributed by atoms with van der Waals surface area (Å²) in [5.41, 5.74) is 1.82. The molecule has 0 spiro atoms. The van der Waals surface area contributed by atoms with Crippen molar-refractivity contribution >= 4 is 22.7 Å². The molecular weight excluding hydrogens is 366 g/mol. The number of aromatic amines is 1. The standard InChI is InChI=1S/C23H25N3O3/c1-15(2)24-23(29)21(16-8-4-3-5-9-16)26-20(27)13-12-18-14-17-10-6-7-11-19(17)25-22(18)28/h3-11,14-15,21H,12-13H2,1-2H3,(H,24,29)(H,25,28)(H,26,27)/t21-/m0/s1. The lowest BCUT2D eigenvalue weighted by atomic mass is 10.0. The lowest BCUT2D eigenvalue weighted by Gasteiger charge is -2.20. The summed E-state index contributed by atoms with van der Waals surface area (Å²) in [6, 6.07) is 17.6. The molecule has 3 N–H and O–H groups in total. The topological polar surface area (TPSA) is 91.1 Å². The summed E-state index contributed by atoms with van der Waals surface area (Å²) in [5, 5.41) is 6.56. The van der Waals surface area contributed by atoms with Gasteiger partial charge in [-0.1, -0.05) is 48.5 Å². The quantitative estimate of drug-likeness (QED) is 0.578. The largest absolute Gasteiger partial charge is 0.352 e. The number of amides is 2. The Labute approximate surface area is 169 Å². The number of fused-ring (bicyclic) bond motifs is 1. The van der Waals surface area contributed by atoms with E-state index < -0.39 is 6.04 Å². The molecule has 0 unspecified atom stereocenters. The molecule has 0 aliphatic carbocycles. The van der Waals surface area contributed by atoms with Crippen molar-refractivity contribution in [3.8, 4) is 0 Å². The van der Waals surface area contributed by atoms with E-state index >= 15 is 0 Å². The van der Waals surface area contributed by atoms with Crippen molar-refractivity contribution in [1.82, 2.24) is 15.6 Å². The second-order valence-corrected chi connectivity index (χ2v) is 7.29. The molecule has 0 fully saturated rings. The molecular formula is C23H25N3O3. The normalized spacial score (nSPS) is 12.0. The number of aryl methyl sites for hydroxylation is 1. The van der Waals surface area contributed by atoms with Crippen LogP contribution in [0.4, 0.5) is 0 Å². The van der Waals surface area contributed by atoms with Crippen LogP contribution >= 0.6 is 0 Å². The predicted octanol–water partition coefficient (Wildman–Crippen LogP) is 2.84. The number of hydrogen-bond acceptors (Lipinski definition) is 3. The SMILES string of the molecule is CC(C)NC(=O)[C@@H](NC(=O)CCc1cc2ccccc2[nH]c1=O)c1ccccc1. The monoisotopic (exact) mass is 391 g/mol. The summed E-state index contributed by atoms with van der Waals surface area (Å²) in [6.07, 6.45) is 0.402. The number of nitrogens with one attached hydrogen (secondary N) is 3. The molecule has 3 aromatic rings. The summed E-state index contributed by atoms with van der Waals surface area (Å²) in [4.78, 5) is 40.3. The molecule has 29 heavy (non-hydrogen) atoms. The van der Waals surface area contributed by atoms with Gasteiger partial charge in [0.1, 0.15) is 6.04 Å². The van der Waals surface area contributed by atoms with E-state index in [4.69, 9.17) is 0 Å². The third kappa shape index (κ3) is 5.31. The summed E-state index contributed by atoms with van der Waals surface area (Å²) < 4.78 is 0. The molecule has 2 aromatic carbocycles. The molecule has 0 radical (unpaired) electrons. The minimum Gasteiger partial charge on any atom is -0.352 e. The minimum absolute atomic E-state index is 0.0400. The molecule has 6 heteroatoms. The Kier molecular flexibility index (Phi) is 6.44. The van der Waals surface area contributed by atoms with Crippen molar-refractivity contribution in [3.05, 3.63) is 82.1 Å². The van der Waals surface area contributed by atoms with Crippen molar-refractivity contribution in [3.63, 3.8) is 0 Å². The third-order valence-corrected chi connectivity index (χ3v) is 4.58. The van der Waals surface area contributed by atoms with E-state index in [0.717, 1.165) is 10.9 Å².